The summed E-state index contributed by atoms with van der Waals surface area (Å²) in [5, 5.41) is 0. The molecule has 17 heavy (non-hydrogen) atoms. The lowest BCUT2D eigenvalue weighted by molar-refractivity contribution is 0.100. The monoisotopic (exact) mass is 241 g/mol. The van der Waals surface area contributed by atoms with E-state index in [-0.39, 0.29) is 5.54 Å². The molecule has 0 spiro atoms. The minimum absolute atomic E-state index is 0.0280. The van der Waals surface area contributed by atoms with E-state index in [0.717, 1.165) is 25.3 Å². The Morgan fingerprint density at radius 2 is 1.47 bits per heavy atom. The Morgan fingerprint density at radius 1 is 1.00 bits per heavy atom. The molecule has 1 aliphatic heterocycles. The van der Waals surface area contributed by atoms with Gasteiger partial charge in [0.15, 0.2) is 0 Å². The second kappa shape index (κ2) is 6.72. The van der Waals surface area contributed by atoms with Crippen LogP contribution in [-0.2, 0) is 0 Å². The summed E-state index contributed by atoms with van der Waals surface area (Å²) < 4.78 is 0. The van der Waals surface area contributed by atoms with Crippen LogP contribution in [-0.4, -0.2) is 54.6 Å². The van der Waals surface area contributed by atoms with Gasteiger partial charge >= 0.3 is 0 Å². The van der Waals surface area contributed by atoms with Crippen LogP contribution >= 0.6 is 0 Å². The summed E-state index contributed by atoms with van der Waals surface area (Å²) in [5.41, 5.74) is 6.42. The molecule has 1 heterocycles. The van der Waals surface area contributed by atoms with Crippen LogP contribution in [0.1, 0.15) is 40.5 Å². The third kappa shape index (κ3) is 4.94. The van der Waals surface area contributed by atoms with Crippen molar-refractivity contribution in [2.24, 2.45) is 11.7 Å². The molecule has 3 heteroatoms. The van der Waals surface area contributed by atoms with Crippen molar-refractivity contribution in [3.05, 3.63) is 0 Å². The number of rotatable bonds is 6. The van der Waals surface area contributed by atoms with Crippen molar-refractivity contribution < 1.29 is 0 Å². The molecule has 0 aromatic rings. The SMILES string of the molecule is CCC(N)(CC)CN1CCN(CC(C)C)CC1. The molecule has 0 aromatic heterocycles. The molecule has 0 aromatic carbocycles. The van der Waals surface area contributed by atoms with Crippen molar-refractivity contribution in [1.82, 2.24) is 9.80 Å². The smallest absolute Gasteiger partial charge is 0.0278 e. The summed E-state index contributed by atoms with van der Waals surface area (Å²) in [7, 11) is 0. The fourth-order valence-corrected chi connectivity index (χ4v) is 2.57. The fourth-order valence-electron chi connectivity index (χ4n) is 2.57. The lowest BCUT2D eigenvalue weighted by atomic mass is 9.93. The molecular weight excluding hydrogens is 210 g/mol. The van der Waals surface area contributed by atoms with Crippen molar-refractivity contribution in [2.45, 2.75) is 46.1 Å². The minimum Gasteiger partial charge on any atom is -0.324 e. The largest absolute Gasteiger partial charge is 0.324 e. The number of hydrogen-bond acceptors (Lipinski definition) is 3. The van der Waals surface area contributed by atoms with E-state index in [4.69, 9.17) is 5.73 Å². The highest BCUT2D eigenvalue weighted by Crippen LogP contribution is 2.15. The maximum absolute atomic E-state index is 6.39. The van der Waals surface area contributed by atoms with Crippen LogP contribution in [0.2, 0.25) is 0 Å². The molecule has 2 N–H and O–H groups in total. The van der Waals surface area contributed by atoms with Gasteiger partial charge in [-0.2, -0.15) is 0 Å². The Labute approximate surface area is 107 Å². The van der Waals surface area contributed by atoms with E-state index in [1.54, 1.807) is 0 Å². The second-order valence-corrected chi connectivity index (χ2v) is 6.04. The molecule has 0 amide bonds. The summed E-state index contributed by atoms with van der Waals surface area (Å²) in [6.45, 7) is 16.1. The van der Waals surface area contributed by atoms with Gasteiger partial charge in [-0.15, -0.1) is 0 Å². The van der Waals surface area contributed by atoms with Gasteiger partial charge in [-0.25, -0.2) is 0 Å². The van der Waals surface area contributed by atoms with Crippen molar-refractivity contribution >= 4 is 0 Å². The van der Waals surface area contributed by atoms with Gasteiger partial charge in [-0.1, -0.05) is 27.7 Å². The average Bonchev–Trinajstić information content (AvgIpc) is 2.31. The van der Waals surface area contributed by atoms with Gasteiger partial charge in [0.25, 0.3) is 0 Å². The van der Waals surface area contributed by atoms with Gasteiger partial charge < -0.3 is 10.6 Å². The minimum atomic E-state index is 0.0280. The summed E-state index contributed by atoms with van der Waals surface area (Å²) in [6.07, 6.45) is 2.16. The summed E-state index contributed by atoms with van der Waals surface area (Å²) in [5.74, 6) is 0.779. The molecule has 1 aliphatic rings. The molecule has 0 bridgehead atoms. The summed E-state index contributed by atoms with van der Waals surface area (Å²) in [4.78, 5) is 5.13. The molecule has 1 fully saturated rings. The third-order valence-electron chi connectivity index (χ3n) is 4.04. The van der Waals surface area contributed by atoms with Crippen molar-refractivity contribution in [3.8, 4) is 0 Å². The molecule has 0 radical (unpaired) electrons. The average molecular weight is 241 g/mol. The van der Waals surface area contributed by atoms with Gasteiger partial charge in [0.1, 0.15) is 0 Å². The molecule has 0 atom stereocenters. The molecule has 1 saturated heterocycles. The van der Waals surface area contributed by atoms with E-state index in [1.807, 2.05) is 0 Å². The van der Waals surface area contributed by atoms with Gasteiger partial charge in [0.2, 0.25) is 0 Å². The van der Waals surface area contributed by atoms with Crippen LogP contribution in [0.25, 0.3) is 0 Å². The summed E-state index contributed by atoms with van der Waals surface area (Å²) >= 11 is 0. The Hall–Kier alpha value is -0.120. The number of nitrogens with zero attached hydrogens (tertiary/aromatic N) is 2. The highest BCUT2D eigenvalue weighted by atomic mass is 15.3. The molecular formula is C14H31N3. The highest BCUT2D eigenvalue weighted by Gasteiger charge is 2.26. The van der Waals surface area contributed by atoms with Crippen LogP contribution in [0.15, 0.2) is 0 Å². The van der Waals surface area contributed by atoms with Crippen molar-refractivity contribution in [1.29, 1.82) is 0 Å². The van der Waals surface area contributed by atoms with Crippen LogP contribution in [0.5, 0.6) is 0 Å². The molecule has 102 valence electrons. The molecule has 1 rings (SSSR count). The first-order valence-corrected chi connectivity index (χ1v) is 7.22. The predicted octanol–water partition coefficient (Wildman–Crippen LogP) is 1.78. The Kier molecular flexibility index (Phi) is 5.90. The first-order chi connectivity index (χ1) is 7.99. The zero-order valence-corrected chi connectivity index (χ0v) is 12.2. The number of piperazine rings is 1. The van der Waals surface area contributed by atoms with E-state index in [0.29, 0.717) is 0 Å². The first-order valence-electron chi connectivity index (χ1n) is 7.22. The standard InChI is InChI=1S/C14H31N3/c1-5-14(15,6-2)12-17-9-7-16(8-10-17)11-13(3)4/h13H,5-12,15H2,1-4H3. The Bertz CT molecular complexity index is 204. The maximum Gasteiger partial charge on any atom is 0.0278 e. The van der Waals surface area contributed by atoms with Crippen LogP contribution in [0.4, 0.5) is 0 Å². The van der Waals surface area contributed by atoms with Crippen molar-refractivity contribution in [2.75, 3.05) is 39.3 Å². The van der Waals surface area contributed by atoms with Crippen LogP contribution in [0.3, 0.4) is 0 Å². The maximum atomic E-state index is 6.39. The zero-order chi connectivity index (χ0) is 12.9. The quantitative estimate of drug-likeness (QED) is 0.769. The van der Waals surface area contributed by atoms with E-state index in [9.17, 15) is 0 Å². The van der Waals surface area contributed by atoms with Crippen LogP contribution < -0.4 is 5.73 Å². The molecule has 0 aliphatic carbocycles. The topological polar surface area (TPSA) is 32.5 Å². The first kappa shape index (κ1) is 14.9. The summed E-state index contributed by atoms with van der Waals surface area (Å²) in [6, 6.07) is 0. The lowest BCUT2D eigenvalue weighted by Gasteiger charge is -2.40. The highest BCUT2D eigenvalue weighted by molar-refractivity contribution is 4.86. The Morgan fingerprint density at radius 3 is 1.88 bits per heavy atom. The van der Waals surface area contributed by atoms with Gasteiger partial charge in [-0.3, -0.25) is 4.90 Å². The van der Waals surface area contributed by atoms with Gasteiger partial charge in [0, 0.05) is 44.8 Å². The van der Waals surface area contributed by atoms with Gasteiger partial charge in [0.05, 0.1) is 0 Å². The van der Waals surface area contributed by atoms with Crippen molar-refractivity contribution in [3.63, 3.8) is 0 Å². The lowest BCUT2D eigenvalue weighted by Crippen LogP contribution is -2.55. The third-order valence-corrected chi connectivity index (χ3v) is 4.04. The molecule has 0 unspecified atom stereocenters. The fraction of sp³-hybridized carbons (Fsp3) is 1.00. The molecule has 3 nitrogen and oxygen atoms in total. The van der Waals surface area contributed by atoms with E-state index >= 15 is 0 Å². The van der Waals surface area contributed by atoms with E-state index < -0.39 is 0 Å². The normalized spacial score (nSPS) is 20.1. The Balaban J connectivity index is 2.32. The van der Waals surface area contributed by atoms with Crippen LogP contribution in [0, 0.1) is 5.92 Å². The molecule has 0 saturated carbocycles. The van der Waals surface area contributed by atoms with E-state index in [1.165, 1.54) is 32.7 Å². The van der Waals surface area contributed by atoms with Gasteiger partial charge in [-0.05, 0) is 18.8 Å². The second-order valence-electron chi connectivity index (χ2n) is 6.04. The zero-order valence-electron chi connectivity index (χ0n) is 12.2. The van der Waals surface area contributed by atoms with E-state index in [2.05, 4.69) is 37.5 Å². The predicted molar refractivity (Wildman–Crippen MR) is 75.2 cm³/mol. The number of hydrogen-bond donors (Lipinski definition) is 1. The number of nitrogens with two attached hydrogens (primary N) is 1.